The summed E-state index contributed by atoms with van der Waals surface area (Å²) >= 11 is 0. The van der Waals surface area contributed by atoms with Crippen LogP contribution in [0, 0.1) is 5.92 Å². The van der Waals surface area contributed by atoms with Crippen molar-refractivity contribution in [2.24, 2.45) is 5.92 Å². The summed E-state index contributed by atoms with van der Waals surface area (Å²) in [5, 5.41) is 4.13. The molecule has 0 bridgehead atoms. The minimum absolute atomic E-state index is 0.0610. The largest absolute Gasteiger partial charge is 0.368 e. The lowest BCUT2D eigenvalue weighted by Gasteiger charge is -2.39. The minimum atomic E-state index is -0.603. The molecule has 2 heterocycles. The topological polar surface area (TPSA) is 68.5 Å². The van der Waals surface area contributed by atoms with Crippen LogP contribution in [0.4, 0.5) is 0 Å². The van der Waals surface area contributed by atoms with Crippen molar-refractivity contribution >= 4 is 5.91 Å². The van der Waals surface area contributed by atoms with Gasteiger partial charge in [-0.2, -0.15) is 4.98 Å². The number of piperidine rings is 1. The minimum Gasteiger partial charge on any atom is -0.368 e. The molecular formula is C20H27N3O3. The summed E-state index contributed by atoms with van der Waals surface area (Å²) in [6.45, 7) is 5.31. The Kier molecular flexibility index (Phi) is 5.71. The van der Waals surface area contributed by atoms with Gasteiger partial charge < -0.3 is 14.2 Å². The molecule has 1 fully saturated rings. The van der Waals surface area contributed by atoms with Gasteiger partial charge in [0.15, 0.2) is 5.82 Å². The van der Waals surface area contributed by atoms with Gasteiger partial charge in [-0.1, -0.05) is 49.3 Å². The van der Waals surface area contributed by atoms with E-state index < -0.39 is 5.60 Å². The monoisotopic (exact) mass is 357 g/mol. The number of aromatic nitrogens is 2. The molecule has 1 aromatic heterocycles. The number of ether oxygens (including phenoxy) is 1. The molecule has 1 amide bonds. The van der Waals surface area contributed by atoms with Gasteiger partial charge >= 0.3 is 0 Å². The third-order valence-corrected chi connectivity index (χ3v) is 5.37. The lowest BCUT2D eigenvalue weighted by Crippen LogP contribution is -2.47. The first-order valence-corrected chi connectivity index (χ1v) is 9.29. The van der Waals surface area contributed by atoms with E-state index in [9.17, 15) is 4.79 Å². The van der Waals surface area contributed by atoms with Crippen LogP contribution in [0.2, 0.25) is 0 Å². The maximum atomic E-state index is 12.4. The maximum Gasteiger partial charge on any atom is 0.259 e. The highest BCUT2D eigenvalue weighted by Gasteiger charge is 2.42. The summed E-state index contributed by atoms with van der Waals surface area (Å²) in [6.07, 6.45) is 2.82. The quantitative estimate of drug-likeness (QED) is 0.794. The lowest BCUT2D eigenvalue weighted by atomic mass is 9.90. The summed E-state index contributed by atoms with van der Waals surface area (Å²) in [5.41, 5.74) is 0.536. The number of benzene rings is 1. The van der Waals surface area contributed by atoms with Gasteiger partial charge in [-0.05, 0) is 12.0 Å². The van der Waals surface area contributed by atoms with E-state index in [0.717, 1.165) is 12.0 Å². The van der Waals surface area contributed by atoms with Crippen molar-refractivity contribution in [2.75, 3.05) is 20.2 Å². The van der Waals surface area contributed by atoms with Crippen molar-refractivity contribution in [1.82, 2.24) is 15.0 Å². The van der Waals surface area contributed by atoms with E-state index in [-0.39, 0.29) is 11.8 Å². The standard InChI is InChI=1S/C20H27N3O3/c1-4-15(2)18(24)23-12-10-20(25-3,11-13-23)19-21-17(22-26-19)14-16-8-6-5-7-9-16/h5-9,15H,4,10-14H2,1-3H3/t15-/m1/s1. The molecule has 1 saturated heterocycles. The Morgan fingerprint density at radius 2 is 2.00 bits per heavy atom. The molecule has 1 atom stereocenters. The van der Waals surface area contributed by atoms with Crippen LogP contribution in [-0.4, -0.2) is 41.1 Å². The Labute approximate surface area is 154 Å². The third kappa shape index (κ3) is 3.80. The first-order chi connectivity index (χ1) is 12.6. The Bertz CT molecular complexity index is 721. The molecule has 0 unspecified atom stereocenters. The van der Waals surface area contributed by atoms with Gasteiger partial charge in [0.25, 0.3) is 5.89 Å². The second-order valence-corrected chi connectivity index (χ2v) is 7.01. The van der Waals surface area contributed by atoms with Crippen LogP contribution in [-0.2, 0) is 21.6 Å². The number of amides is 1. The molecule has 1 aromatic carbocycles. The van der Waals surface area contributed by atoms with Crippen molar-refractivity contribution in [3.63, 3.8) is 0 Å². The average molecular weight is 357 g/mol. The number of hydrogen-bond donors (Lipinski definition) is 0. The summed E-state index contributed by atoms with van der Waals surface area (Å²) in [7, 11) is 1.67. The van der Waals surface area contributed by atoms with Crippen molar-refractivity contribution < 1.29 is 14.1 Å². The number of methoxy groups -OCH3 is 1. The molecule has 3 rings (SSSR count). The number of carbonyl (C=O) groups is 1. The van der Waals surface area contributed by atoms with E-state index in [0.29, 0.717) is 44.1 Å². The zero-order chi connectivity index (χ0) is 18.6. The van der Waals surface area contributed by atoms with Crippen LogP contribution in [0.1, 0.15) is 50.4 Å². The highest BCUT2D eigenvalue weighted by atomic mass is 16.5. The lowest BCUT2D eigenvalue weighted by molar-refractivity contribution is -0.142. The smallest absolute Gasteiger partial charge is 0.259 e. The number of carbonyl (C=O) groups excluding carboxylic acids is 1. The molecule has 6 heteroatoms. The van der Waals surface area contributed by atoms with Crippen molar-refractivity contribution in [3.05, 3.63) is 47.6 Å². The molecule has 0 spiro atoms. The maximum absolute atomic E-state index is 12.4. The van der Waals surface area contributed by atoms with Crippen molar-refractivity contribution in [3.8, 4) is 0 Å². The first-order valence-electron chi connectivity index (χ1n) is 9.29. The zero-order valence-corrected chi connectivity index (χ0v) is 15.8. The summed E-state index contributed by atoms with van der Waals surface area (Å²) in [4.78, 5) is 18.9. The molecule has 2 aromatic rings. The Morgan fingerprint density at radius 3 is 2.62 bits per heavy atom. The zero-order valence-electron chi connectivity index (χ0n) is 15.8. The first kappa shape index (κ1) is 18.6. The molecule has 6 nitrogen and oxygen atoms in total. The Hall–Kier alpha value is -2.21. The van der Waals surface area contributed by atoms with Crippen molar-refractivity contribution in [1.29, 1.82) is 0 Å². The molecule has 26 heavy (non-hydrogen) atoms. The van der Waals surface area contributed by atoms with E-state index in [4.69, 9.17) is 9.26 Å². The molecular weight excluding hydrogens is 330 g/mol. The number of rotatable bonds is 6. The SMILES string of the molecule is CC[C@@H](C)C(=O)N1CCC(OC)(c2nc(Cc3ccccc3)no2)CC1. The fourth-order valence-electron chi connectivity index (χ4n) is 3.37. The highest BCUT2D eigenvalue weighted by molar-refractivity contribution is 5.78. The average Bonchev–Trinajstić information content (AvgIpc) is 3.16. The summed E-state index contributed by atoms with van der Waals surface area (Å²) in [5.74, 6) is 1.45. The number of likely N-dealkylation sites (tertiary alicyclic amines) is 1. The second-order valence-electron chi connectivity index (χ2n) is 7.01. The molecule has 0 radical (unpaired) electrons. The van der Waals surface area contributed by atoms with Gasteiger partial charge in [-0.25, -0.2) is 0 Å². The summed E-state index contributed by atoms with van der Waals surface area (Å²) in [6, 6.07) is 10.1. The van der Waals surface area contributed by atoms with Crippen LogP contribution < -0.4 is 0 Å². The van der Waals surface area contributed by atoms with Crippen molar-refractivity contribution in [2.45, 2.75) is 45.1 Å². The molecule has 0 saturated carbocycles. The van der Waals surface area contributed by atoms with Gasteiger partial charge in [0, 0.05) is 45.4 Å². The van der Waals surface area contributed by atoms with Crippen LogP contribution in [0.15, 0.2) is 34.9 Å². The summed E-state index contributed by atoms with van der Waals surface area (Å²) < 4.78 is 11.4. The van der Waals surface area contributed by atoms with Gasteiger partial charge in [0.2, 0.25) is 5.91 Å². The fourth-order valence-corrected chi connectivity index (χ4v) is 3.37. The molecule has 0 aliphatic carbocycles. The normalized spacial score (nSPS) is 17.9. The van der Waals surface area contributed by atoms with Gasteiger partial charge in [-0.15, -0.1) is 0 Å². The molecule has 1 aliphatic heterocycles. The van der Waals surface area contributed by atoms with E-state index in [2.05, 4.69) is 10.1 Å². The van der Waals surface area contributed by atoms with Crippen LogP contribution >= 0.6 is 0 Å². The van der Waals surface area contributed by atoms with Crippen LogP contribution in [0.5, 0.6) is 0 Å². The Balaban J connectivity index is 1.69. The number of nitrogens with zero attached hydrogens (tertiary/aromatic N) is 3. The van der Waals surface area contributed by atoms with E-state index >= 15 is 0 Å². The molecule has 140 valence electrons. The fraction of sp³-hybridized carbons (Fsp3) is 0.550. The van der Waals surface area contributed by atoms with E-state index in [1.54, 1.807) is 7.11 Å². The van der Waals surface area contributed by atoms with Gasteiger partial charge in [-0.3, -0.25) is 4.79 Å². The van der Waals surface area contributed by atoms with E-state index in [1.165, 1.54) is 0 Å². The van der Waals surface area contributed by atoms with Gasteiger partial charge in [0.1, 0.15) is 5.60 Å². The molecule has 0 N–H and O–H groups in total. The third-order valence-electron chi connectivity index (χ3n) is 5.37. The highest BCUT2D eigenvalue weighted by Crippen LogP contribution is 2.35. The van der Waals surface area contributed by atoms with Gasteiger partial charge in [0.05, 0.1) is 0 Å². The van der Waals surface area contributed by atoms with E-state index in [1.807, 2.05) is 49.1 Å². The Morgan fingerprint density at radius 1 is 1.31 bits per heavy atom. The van der Waals surface area contributed by atoms with Crippen LogP contribution in [0.3, 0.4) is 0 Å². The molecule has 1 aliphatic rings. The van der Waals surface area contributed by atoms with Crippen LogP contribution in [0.25, 0.3) is 0 Å². The predicted molar refractivity (Wildman–Crippen MR) is 97.5 cm³/mol. The number of hydrogen-bond acceptors (Lipinski definition) is 5. The predicted octanol–water partition coefficient (Wildman–Crippen LogP) is 3.17. The second kappa shape index (κ2) is 7.99.